The standard InChI is InChI=1S/C59H100O5/c1-4-7-10-13-16-19-22-25-28-30-32-35-38-41-44-47-50-53-59(61)64-56-57(62-54-51-48-45-42-39-36-33-29-26-23-20-17-14-11-8-5-2)55-63-58(60)52-49-46-43-40-37-34-31-27-24-21-18-15-12-9-6-3/h9,12,16,18-19,21,25,27-28,31-32,35,37,40-41,44,57H,4-8,10-11,13-15,17,20,22-24,26,29-30,33-34,36,38-39,42-43,45-56H2,1-3H3/b12-9-,19-16-,21-18-,28-25-,31-27-,35-32-,40-37-,44-41-/t57-/m1/s1. The molecule has 0 fully saturated rings. The minimum Gasteiger partial charge on any atom is -0.463 e. The van der Waals surface area contributed by atoms with E-state index in [1.165, 1.54) is 116 Å². The van der Waals surface area contributed by atoms with Crippen LogP contribution >= 0.6 is 0 Å². The molecule has 0 aliphatic heterocycles. The first-order valence-electron chi connectivity index (χ1n) is 26.8. The van der Waals surface area contributed by atoms with Gasteiger partial charge in [-0.3, -0.25) is 9.59 Å². The summed E-state index contributed by atoms with van der Waals surface area (Å²) in [6.45, 7) is 7.49. The van der Waals surface area contributed by atoms with E-state index < -0.39 is 6.10 Å². The van der Waals surface area contributed by atoms with E-state index in [2.05, 4.69) is 118 Å². The fourth-order valence-electron chi connectivity index (χ4n) is 7.11. The van der Waals surface area contributed by atoms with Gasteiger partial charge in [-0.25, -0.2) is 0 Å². The normalized spacial score (nSPS) is 13.0. The Morgan fingerprint density at radius 3 is 1.06 bits per heavy atom. The van der Waals surface area contributed by atoms with Crippen LogP contribution in [-0.2, 0) is 23.8 Å². The van der Waals surface area contributed by atoms with E-state index in [9.17, 15) is 9.59 Å². The van der Waals surface area contributed by atoms with Crippen LogP contribution < -0.4 is 0 Å². The average Bonchev–Trinajstić information content (AvgIpc) is 3.30. The van der Waals surface area contributed by atoms with E-state index >= 15 is 0 Å². The summed E-state index contributed by atoms with van der Waals surface area (Å²) in [5.74, 6) is -0.444. The third-order valence-electron chi connectivity index (χ3n) is 11.1. The molecule has 0 rings (SSSR count). The van der Waals surface area contributed by atoms with Gasteiger partial charge in [-0.1, -0.05) is 227 Å². The summed E-state index contributed by atoms with van der Waals surface area (Å²) in [6, 6.07) is 0. The van der Waals surface area contributed by atoms with Crippen molar-refractivity contribution in [1.82, 2.24) is 0 Å². The van der Waals surface area contributed by atoms with Crippen molar-refractivity contribution in [1.29, 1.82) is 0 Å². The van der Waals surface area contributed by atoms with Crippen LogP contribution in [0.1, 0.15) is 239 Å². The molecule has 0 radical (unpaired) electrons. The van der Waals surface area contributed by atoms with Gasteiger partial charge in [-0.05, 0) is 96.3 Å². The van der Waals surface area contributed by atoms with Crippen molar-refractivity contribution in [2.45, 2.75) is 245 Å². The highest BCUT2D eigenvalue weighted by atomic mass is 16.6. The summed E-state index contributed by atoms with van der Waals surface area (Å²) in [7, 11) is 0. The third kappa shape index (κ3) is 51.5. The Labute approximate surface area is 396 Å². The molecular weight excluding hydrogens is 789 g/mol. The summed E-state index contributed by atoms with van der Waals surface area (Å²) >= 11 is 0. The lowest BCUT2D eigenvalue weighted by molar-refractivity contribution is -0.155. The van der Waals surface area contributed by atoms with Crippen molar-refractivity contribution in [3.8, 4) is 0 Å². The average molecular weight is 889 g/mol. The smallest absolute Gasteiger partial charge is 0.305 e. The number of ether oxygens (including phenoxy) is 3. The summed E-state index contributed by atoms with van der Waals surface area (Å²) in [6.07, 6.45) is 73.0. The van der Waals surface area contributed by atoms with E-state index in [0.29, 0.717) is 19.4 Å². The first-order chi connectivity index (χ1) is 31.6. The van der Waals surface area contributed by atoms with Crippen LogP contribution in [0.2, 0.25) is 0 Å². The molecule has 366 valence electrons. The molecule has 1 atom stereocenters. The maximum atomic E-state index is 12.6. The predicted octanol–water partition coefficient (Wildman–Crippen LogP) is 18.2. The predicted molar refractivity (Wildman–Crippen MR) is 279 cm³/mol. The molecule has 0 aromatic heterocycles. The number of rotatable bonds is 48. The van der Waals surface area contributed by atoms with Crippen LogP contribution in [0, 0.1) is 0 Å². The maximum Gasteiger partial charge on any atom is 0.305 e. The Morgan fingerprint density at radius 1 is 0.344 bits per heavy atom. The molecule has 0 heterocycles. The van der Waals surface area contributed by atoms with Crippen molar-refractivity contribution in [2.24, 2.45) is 0 Å². The molecule has 0 unspecified atom stereocenters. The summed E-state index contributed by atoms with van der Waals surface area (Å²) < 4.78 is 17.4. The number of carbonyl (C=O) groups excluding carboxylic acids is 2. The molecule has 0 spiro atoms. The molecular formula is C59H100O5. The van der Waals surface area contributed by atoms with Crippen molar-refractivity contribution < 1.29 is 23.8 Å². The fraction of sp³-hybridized carbons (Fsp3) is 0.695. The van der Waals surface area contributed by atoms with Gasteiger partial charge in [0.25, 0.3) is 0 Å². The molecule has 0 aliphatic carbocycles. The zero-order chi connectivity index (χ0) is 46.3. The van der Waals surface area contributed by atoms with Gasteiger partial charge in [0, 0.05) is 19.4 Å². The van der Waals surface area contributed by atoms with E-state index in [1.807, 2.05) is 0 Å². The van der Waals surface area contributed by atoms with Crippen LogP contribution in [0.15, 0.2) is 97.2 Å². The number of hydrogen-bond acceptors (Lipinski definition) is 5. The Hall–Kier alpha value is -3.18. The van der Waals surface area contributed by atoms with Crippen LogP contribution in [0.25, 0.3) is 0 Å². The largest absolute Gasteiger partial charge is 0.463 e. The van der Waals surface area contributed by atoms with Crippen LogP contribution in [0.4, 0.5) is 0 Å². The highest BCUT2D eigenvalue weighted by molar-refractivity contribution is 5.69. The van der Waals surface area contributed by atoms with Gasteiger partial charge in [0.05, 0.1) is 0 Å². The van der Waals surface area contributed by atoms with Gasteiger partial charge in [0.2, 0.25) is 0 Å². The second kappa shape index (κ2) is 54.2. The first kappa shape index (κ1) is 60.8. The van der Waals surface area contributed by atoms with Gasteiger partial charge < -0.3 is 14.2 Å². The van der Waals surface area contributed by atoms with Crippen LogP contribution in [0.3, 0.4) is 0 Å². The topological polar surface area (TPSA) is 61.8 Å². The number of allylic oxidation sites excluding steroid dienone is 16. The number of unbranched alkanes of at least 4 members (excludes halogenated alkanes) is 21. The van der Waals surface area contributed by atoms with E-state index in [-0.39, 0.29) is 25.2 Å². The summed E-state index contributed by atoms with van der Waals surface area (Å²) in [5.41, 5.74) is 0. The van der Waals surface area contributed by atoms with Gasteiger partial charge in [-0.15, -0.1) is 0 Å². The van der Waals surface area contributed by atoms with Gasteiger partial charge in [-0.2, -0.15) is 0 Å². The Kier molecular flexibility index (Phi) is 51.5. The molecule has 0 N–H and O–H groups in total. The molecule has 64 heavy (non-hydrogen) atoms. The van der Waals surface area contributed by atoms with Crippen molar-refractivity contribution in [3.63, 3.8) is 0 Å². The third-order valence-corrected chi connectivity index (χ3v) is 11.1. The SMILES string of the molecule is CC/C=C\C/C=C\C/C=C\C/C=C\CCCCC(=O)OC[C@H](COC(=O)CCC/C=C\C/C=C\C/C=C\C/C=C\CCCCC)OCCCCCCCCCCCCCCCCCC. The Bertz CT molecular complexity index is 1230. The highest BCUT2D eigenvalue weighted by Gasteiger charge is 2.16. The number of hydrogen-bond donors (Lipinski definition) is 0. The second-order valence-corrected chi connectivity index (χ2v) is 17.4. The Morgan fingerprint density at radius 2 is 0.656 bits per heavy atom. The molecule has 5 heteroatoms. The van der Waals surface area contributed by atoms with Gasteiger partial charge >= 0.3 is 11.9 Å². The van der Waals surface area contributed by atoms with Crippen molar-refractivity contribution >= 4 is 11.9 Å². The number of esters is 2. The number of carbonyl (C=O) groups is 2. The monoisotopic (exact) mass is 889 g/mol. The first-order valence-corrected chi connectivity index (χ1v) is 26.8. The molecule has 0 aromatic rings. The van der Waals surface area contributed by atoms with Crippen molar-refractivity contribution in [2.75, 3.05) is 19.8 Å². The molecule has 5 nitrogen and oxygen atoms in total. The summed E-state index contributed by atoms with van der Waals surface area (Å²) in [5, 5.41) is 0. The van der Waals surface area contributed by atoms with E-state index in [0.717, 1.165) is 89.9 Å². The maximum absolute atomic E-state index is 12.6. The van der Waals surface area contributed by atoms with Gasteiger partial charge in [0.1, 0.15) is 19.3 Å². The lowest BCUT2D eigenvalue weighted by atomic mass is 10.0. The zero-order valence-electron chi connectivity index (χ0n) is 42.0. The zero-order valence-corrected chi connectivity index (χ0v) is 42.0. The van der Waals surface area contributed by atoms with E-state index in [4.69, 9.17) is 14.2 Å². The van der Waals surface area contributed by atoms with Crippen LogP contribution in [0.5, 0.6) is 0 Å². The molecule has 0 aromatic carbocycles. The molecule has 0 amide bonds. The second-order valence-electron chi connectivity index (χ2n) is 17.4. The van der Waals surface area contributed by atoms with Gasteiger partial charge in [0.15, 0.2) is 0 Å². The minimum absolute atomic E-state index is 0.112. The van der Waals surface area contributed by atoms with Crippen molar-refractivity contribution in [3.05, 3.63) is 97.2 Å². The van der Waals surface area contributed by atoms with Crippen LogP contribution in [-0.4, -0.2) is 37.9 Å². The molecule has 0 bridgehead atoms. The lowest BCUT2D eigenvalue weighted by Gasteiger charge is -2.18. The molecule has 0 saturated heterocycles. The molecule has 0 saturated carbocycles. The minimum atomic E-state index is -0.442. The van der Waals surface area contributed by atoms with E-state index in [1.54, 1.807) is 0 Å². The lowest BCUT2D eigenvalue weighted by Crippen LogP contribution is -2.29. The molecule has 0 aliphatic rings. The fourth-order valence-corrected chi connectivity index (χ4v) is 7.11. The summed E-state index contributed by atoms with van der Waals surface area (Å²) in [4.78, 5) is 25.2. The quantitative estimate of drug-likeness (QED) is 0.0346. The highest BCUT2D eigenvalue weighted by Crippen LogP contribution is 2.14. The Balaban J connectivity index is 4.41.